The SMILES string of the molecule is Cc1csc(N2CCC(C)CC2C(=O)O)n1. The van der Waals surface area contributed by atoms with Crippen molar-refractivity contribution in [1.82, 2.24) is 4.98 Å². The van der Waals surface area contributed by atoms with Gasteiger partial charge in [0.2, 0.25) is 0 Å². The Hall–Kier alpha value is -1.10. The summed E-state index contributed by atoms with van der Waals surface area (Å²) in [6.07, 6.45) is 1.76. The number of thiazole rings is 1. The summed E-state index contributed by atoms with van der Waals surface area (Å²) in [6, 6.07) is -0.408. The summed E-state index contributed by atoms with van der Waals surface area (Å²) < 4.78 is 0. The van der Waals surface area contributed by atoms with Crippen molar-refractivity contribution in [3.8, 4) is 0 Å². The zero-order valence-electron chi connectivity index (χ0n) is 9.51. The summed E-state index contributed by atoms with van der Waals surface area (Å²) in [7, 11) is 0. The second kappa shape index (κ2) is 4.41. The highest BCUT2D eigenvalue weighted by Crippen LogP contribution is 2.30. The number of aromatic nitrogens is 1. The van der Waals surface area contributed by atoms with Gasteiger partial charge in [-0.15, -0.1) is 11.3 Å². The maximum atomic E-state index is 11.2. The van der Waals surface area contributed by atoms with E-state index >= 15 is 0 Å². The molecule has 2 unspecified atom stereocenters. The predicted molar refractivity (Wildman–Crippen MR) is 64.0 cm³/mol. The number of carboxylic acids is 1. The number of hydrogen-bond acceptors (Lipinski definition) is 4. The van der Waals surface area contributed by atoms with Crippen molar-refractivity contribution in [2.24, 2.45) is 5.92 Å². The highest BCUT2D eigenvalue weighted by atomic mass is 32.1. The molecule has 1 fully saturated rings. The summed E-state index contributed by atoms with van der Waals surface area (Å²) in [5, 5.41) is 12.0. The van der Waals surface area contributed by atoms with Crippen LogP contribution in [0.2, 0.25) is 0 Å². The quantitative estimate of drug-likeness (QED) is 0.860. The minimum absolute atomic E-state index is 0.408. The molecule has 0 spiro atoms. The highest BCUT2D eigenvalue weighted by molar-refractivity contribution is 7.13. The van der Waals surface area contributed by atoms with E-state index < -0.39 is 12.0 Å². The largest absolute Gasteiger partial charge is 0.480 e. The molecule has 0 bridgehead atoms. The van der Waals surface area contributed by atoms with Gasteiger partial charge in [0, 0.05) is 11.9 Å². The van der Waals surface area contributed by atoms with Crippen LogP contribution in [0.4, 0.5) is 5.13 Å². The predicted octanol–water partition coefficient (Wildman–Crippen LogP) is 2.14. The van der Waals surface area contributed by atoms with Crippen LogP contribution in [0.25, 0.3) is 0 Å². The van der Waals surface area contributed by atoms with Crippen LogP contribution in [0.15, 0.2) is 5.38 Å². The van der Waals surface area contributed by atoms with Crippen molar-refractivity contribution >= 4 is 22.4 Å². The standard InChI is InChI=1S/C11H16N2O2S/c1-7-3-4-13(9(5-7)10(14)15)11-12-8(2)6-16-11/h6-7,9H,3-5H2,1-2H3,(H,14,15). The number of anilines is 1. The zero-order valence-corrected chi connectivity index (χ0v) is 10.3. The smallest absolute Gasteiger partial charge is 0.326 e. The average Bonchev–Trinajstić information content (AvgIpc) is 2.64. The lowest BCUT2D eigenvalue weighted by Crippen LogP contribution is -2.46. The molecule has 1 saturated heterocycles. The number of aliphatic carboxylic acids is 1. The summed E-state index contributed by atoms with van der Waals surface area (Å²) in [4.78, 5) is 17.5. The molecular formula is C11H16N2O2S. The van der Waals surface area contributed by atoms with Gasteiger partial charge in [-0.2, -0.15) is 0 Å². The van der Waals surface area contributed by atoms with Gasteiger partial charge in [0.05, 0.1) is 5.69 Å². The van der Waals surface area contributed by atoms with Crippen molar-refractivity contribution in [3.05, 3.63) is 11.1 Å². The summed E-state index contributed by atoms with van der Waals surface area (Å²) in [6.45, 7) is 4.84. The fourth-order valence-corrected chi connectivity index (χ4v) is 2.96. The van der Waals surface area contributed by atoms with Crippen LogP contribution >= 0.6 is 11.3 Å². The first-order valence-corrected chi connectivity index (χ1v) is 6.37. The molecule has 0 saturated carbocycles. The summed E-state index contributed by atoms with van der Waals surface area (Å²) in [5.74, 6) is -0.252. The Morgan fingerprint density at radius 1 is 1.69 bits per heavy atom. The summed E-state index contributed by atoms with van der Waals surface area (Å²) >= 11 is 1.53. The molecule has 88 valence electrons. The first-order chi connectivity index (χ1) is 7.58. The third-order valence-corrected chi connectivity index (χ3v) is 4.00. The molecule has 1 aromatic heterocycles. The Bertz CT molecular complexity index is 391. The van der Waals surface area contributed by atoms with Crippen molar-refractivity contribution in [2.45, 2.75) is 32.7 Å². The van der Waals surface area contributed by atoms with E-state index in [1.54, 1.807) is 0 Å². The van der Waals surface area contributed by atoms with E-state index in [1.165, 1.54) is 11.3 Å². The van der Waals surface area contributed by atoms with Crippen molar-refractivity contribution in [3.63, 3.8) is 0 Å². The second-order valence-corrected chi connectivity index (χ2v) is 5.28. The van der Waals surface area contributed by atoms with E-state index in [2.05, 4.69) is 11.9 Å². The van der Waals surface area contributed by atoms with Crippen LogP contribution in [0.5, 0.6) is 0 Å². The maximum absolute atomic E-state index is 11.2. The number of carboxylic acid groups (broad SMARTS) is 1. The minimum atomic E-state index is -0.737. The normalized spacial score (nSPS) is 25.8. The Morgan fingerprint density at radius 2 is 2.44 bits per heavy atom. The minimum Gasteiger partial charge on any atom is -0.480 e. The lowest BCUT2D eigenvalue weighted by molar-refractivity contribution is -0.139. The first kappa shape index (κ1) is 11.4. The molecule has 1 N–H and O–H groups in total. The van der Waals surface area contributed by atoms with E-state index in [0.717, 1.165) is 23.8 Å². The third-order valence-electron chi connectivity index (χ3n) is 3.00. The van der Waals surface area contributed by atoms with Crippen LogP contribution in [0, 0.1) is 12.8 Å². The Morgan fingerprint density at radius 3 is 3.00 bits per heavy atom. The molecule has 1 aliphatic heterocycles. The number of piperidine rings is 1. The molecule has 2 atom stereocenters. The van der Waals surface area contributed by atoms with Crippen LogP contribution in [-0.2, 0) is 4.79 Å². The fourth-order valence-electron chi connectivity index (χ4n) is 2.08. The van der Waals surface area contributed by atoms with Crippen molar-refractivity contribution < 1.29 is 9.90 Å². The molecule has 1 aromatic rings. The van der Waals surface area contributed by atoms with E-state index in [-0.39, 0.29) is 0 Å². The van der Waals surface area contributed by atoms with Gasteiger partial charge in [-0.1, -0.05) is 6.92 Å². The van der Waals surface area contributed by atoms with Gasteiger partial charge in [0.1, 0.15) is 6.04 Å². The van der Waals surface area contributed by atoms with Crippen molar-refractivity contribution in [1.29, 1.82) is 0 Å². The highest BCUT2D eigenvalue weighted by Gasteiger charge is 2.33. The number of hydrogen-bond donors (Lipinski definition) is 1. The second-order valence-electron chi connectivity index (χ2n) is 4.45. The Balaban J connectivity index is 2.21. The molecule has 0 aliphatic carbocycles. The van der Waals surface area contributed by atoms with Crippen molar-refractivity contribution in [2.75, 3.05) is 11.4 Å². The van der Waals surface area contributed by atoms with Crippen LogP contribution in [0.3, 0.4) is 0 Å². The molecule has 0 aromatic carbocycles. The van der Waals surface area contributed by atoms with Gasteiger partial charge in [-0.3, -0.25) is 0 Å². The number of carbonyl (C=O) groups is 1. The Kier molecular flexibility index (Phi) is 3.14. The van der Waals surface area contributed by atoms with Crippen LogP contribution in [0.1, 0.15) is 25.5 Å². The van der Waals surface area contributed by atoms with Gasteiger partial charge < -0.3 is 10.0 Å². The molecule has 1 aliphatic rings. The monoisotopic (exact) mass is 240 g/mol. The van der Waals surface area contributed by atoms with Gasteiger partial charge >= 0.3 is 5.97 Å². The van der Waals surface area contributed by atoms with E-state index in [1.807, 2.05) is 17.2 Å². The molecule has 2 heterocycles. The number of rotatable bonds is 2. The van der Waals surface area contributed by atoms with Crippen LogP contribution in [-0.4, -0.2) is 28.6 Å². The molecule has 0 amide bonds. The third kappa shape index (κ3) is 2.19. The molecule has 16 heavy (non-hydrogen) atoms. The van der Waals surface area contributed by atoms with Gasteiger partial charge in [0.15, 0.2) is 5.13 Å². The van der Waals surface area contributed by atoms with E-state index in [9.17, 15) is 9.90 Å². The van der Waals surface area contributed by atoms with E-state index in [4.69, 9.17) is 0 Å². The molecule has 0 radical (unpaired) electrons. The van der Waals surface area contributed by atoms with E-state index in [0.29, 0.717) is 12.3 Å². The van der Waals surface area contributed by atoms with Gasteiger partial charge in [0.25, 0.3) is 0 Å². The fraction of sp³-hybridized carbons (Fsp3) is 0.636. The molecular weight excluding hydrogens is 224 g/mol. The lowest BCUT2D eigenvalue weighted by Gasteiger charge is -2.35. The molecule has 2 rings (SSSR count). The van der Waals surface area contributed by atoms with Gasteiger partial charge in [-0.05, 0) is 25.7 Å². The Labute approximate surface area is 98.9 Å². The molecule has 5 heteroatoms. The van der Waals surface area contributed by atoms with Gasteiger partial charge in [-0.25, -0.2) is 9.78 Å². The first-order valence-electron chi connectivity index (χ1n) is 5.49. The maximum Gasteiger partial charge on any atom is 0.326 e. The zero-order chi connectivity index (χ0) is 11.7. The molecule has 4 nitrogen and oxygen atoms in total. The number of nitrogens with zero attached hydrogens (tertiary/aromatic N) is 2. The average molecular weight is 240 g/mol. The number of aryl methyl sites for hydroxylation is 1. The van der Waals surface area contributed by atoms with Crippen LogP contribution < -0.4 is 4.90 Å². The topological polar surface area (TPSA) is 53.4 Å². The lowest BCUT2D eigenvalue weighted by atomic mass is 9.93. The summed E-state index contributed by atoms with van der Waals surface area (Å²) in [5.41, 5.74) is 0.961.